The topological polar surface area (TPSA) is 65.0 Å². The van der Waals surface area contributed by atoms with Gasteiger partial charge in [-0.15, -0.1) is 24.0 Å². The lowest BCUT2D eigenvalue weighted by atomic mass is 10.1. The Balaban J connectivity index is 0.00000576. The van der Waals surface area contributed by atoms with Crippen LogP contribution in [-0.4, -0.2) is 82.0 Å². The van der Waals surface area contributed by atoms with Crippen molar-refractivity contribution in [3.63, 3.8) is 0 Å². The first-order chi connectivity index (χ1) is 11.2. The second-order valence-electron chi connectivity index (χ2n) is 7.55. The second-order valence-corrected chi connectivity index (χ2v) is 10.3. The number of aliphatic imine (C=N–C) groups is 1. The van der Waals surface area contributed by atoms with E-state index in [4.69, 9.17) is 0 Å². The van der Waals surface area contributed by atoms with E-state index in [9.17, 15) is 8.42 Å². The monoisotopic (exact) mass is 488 g/mol. The molecule has 1 fully saturated rings. The van der Waals surface area contributed by atoms with Crippen molar-refractivity contribution in [1.82, 2.24) is 15.1 Å². The van der Waals surface area contributed by atoms with E-state index in [2.05, 4.69) is 34.2 Å². The number of nitrogens with one attached hydrogen (secondary N) is 1. The molecule has 25 heavy (non-hydrogen) atoms. The Bertz CT molecular complexity index is 507. The van der Waals surface area contributed by atoms with Gasteiger partial charge in [0.2, 0.25) is 0 Å². The SMILES string of the molecule is CN=C(NCCCCCCCN(C)C)N1CCS(=O)(=O)C(C)(C)C1.I. The number of hydrogen-bond acceptors (Lipinski definition) is 4. The lowest BCUT2D eigenvalue weighted by Gasteiger charge is -2.39. The van der Waals surface area contributed by atoms with Crippen molar-refractivity contribution in [2.45, 2.75) is 50.7 Å². The van der Waals surface area contributed by atoms with Gasteiger partial charge in [0.15, 0.2) is 15.8 Å². The molecule has 1 aliphatic heterocycles. The lowest BCUT2D eigenvalue weighted by molar-refractivity contribution is 0.353. The lowest BCUT2D eigenvalue weighted by Crippen LogP contribution is -2.57. The van der Waals surface area contributed by atoms with E-state index >= 15 is 0 Å². The molecule has 0 aromatic carbocycles. The molecular weight excluding hydrogens is 451 g/mol. The van der Waals surface area contributed by atoms with Gasteiger partial charge < -0.3 is 15.1 Å². The fourth-order valence-corrected chi connectivity index (χ4v) is 4.31. The van der Waals surface area contributed by atoms with Gasteiger partial charge >= 0.3 is 0 Å². The molecule has 0 radical (unpaired) electrons. The molecule has 0 unspecified atom stereocenters. The van der Waals surface area contributed by atoms with E-state index in [1.54, 1.807) is 20.9 Å². The summed E-state index contributed by atoms with van der Waals surface area (Å²) in [6, 6.07) is 0. The summed E-state index contributed by atoms with van der Waals surface area (Å²) in [6.07, 6.45) is 6.15. The Labute approximate surface area is 171 Å². The molecule has 0 amide bonds. The largest absolute Gasteiger partial charge is 0.356 e. The van der Waals surface area contributed by atoms with Crippen LogP contribution in [0.1, 0.15) is 46.0 Å². The third-order valence-electron chi connectivity index (χ3n) is 4.62. The predicted octanol–water partition coefficient (Wildman–Crippen LogP) is 2.20. The Hall–Kier alpha value is -0.0900. The molecule has 0 bridgehead atoms. The Morgan fingerprint density at radius 3 is 2.32 bits per heavy atom. The van der Waals surface area contributed by atoms with E-state index in [0.717, 1.165) is 18.9 Å². The van der Waals surface area contributed by atoms with Crippen molar-refractivity contribution >= 4 is 39.8 Å². The summed E-state index contributed by atoms with van der Waals surface area (Å²) in [4.78, 5) is 8.62. The van der Waals surface area contributed by atoms with Crippen molar-refractivity contribution in [2.75, 3.05) is 53.1 Å². The molecule has 0 atom stereocenters. The second kappa shape index (κ2) is 11.6. The number of hydrogen-bond donors (Lipinski definition) is 1. The Kier molecular flexibility index (Phi) is 11.5. The van der Waals surface area contributed by atoms with E-state index in [0.29, 0.717) is 13.1 Å². The van der Waals surface area contributed by atoms with E-state index in [-0.39, 0.29) is 29.7 Å². The van der Waals surface area contributed by atoms with Gasteiger partial charge in [-0.2, -0.15) is 0 Å². The zero-order valence-corrected chi connectivity index (χ0v) is 19.7. The molecule has 1 rings (SSSR count). The quantitative estimate of drug-likeness (QED) is 0.246. The molecule has 1 N–H and O–H groups in total. The van der Waals surface area contributed by atoms with Crippen LogP contribution < -0.4 is 5.32 Å². The van der Waals surface area contributed by atoms with Crippen LogP contribution in [0.5, 0.6) is 0 Å². The minimum atomic E-state index is -3.01. The molecule has 0 aromatic heterocycles. The fraction of sp³-hybridized carbons (Fsp3) is 0.941. The normalized spacial score (nSPS) is 19.6. The third-order valence-corrected chi connectivity index (χ3v) is 7.15. The van der Waals surface area contributed by atoms with Gasteiger partial charge in [-0.1, -0.05) is 19.3 Å². The molecule has 1 aliphatic rings. The van der Waals surface area contributed by atoms with Gasteiger partial charge in [0.25, 0.3) is 0 Å². The van der Waals surface area contributed by atoms with Crippen molar-refractivity contribution < 1.29 is 8.42 Å². The highest BCUT2D eigenvalue weighted by Crippen LogP contribution is 2.23. The highest BCUT2D eigenvalue weighted by atomic mass is 127. The highest BCUT2D eigenvalue weighted by molar-refractivity contribution is 14.0. The summed E-state index contributed by atoms with van der Waals surface area (Å²) in [7, 11) is 2.98. The number of halogens is 1. The summed E-state index contributed by atoms with van der Waals surface area (Å²) >= 11 is 0. The van der Waals surface area contributed by atoms with Crippen molar-refractivity contribution in [1.29, 1.82) is 0 Å². The average Bonchev–Trinajstić information content (AvgIpc) is 2.48. The number of nitrogens with zero attached hydrogens (tertiary/aromatic N) is 3. The van der Waals surface area contributed by atoms with Crippen LogP contribution in [0.2, 0.25) is 0 Å². The summed E-state index contributed by atoms with van der Waals surface area (Å²) in [6.45, 7) is 6.68. The Morgan fingerprint density at radius 1 is 1.16 bits per heavy atom. The van der Waals surface area contributed by atoms with E-state index in [1.807, 2.05) is 0 Å². The predicted molar refractivity (Wildman–Crippen MR) is 118 cm³/mol. The van der Waals surface area contributed by atoms with Crippen LogP contribution in [0.4, 0.5) is 0 Å². The van der Waals surface area contributed by atoms with Crippen molar-refractivity contribution in [3.8, 4) is 0 Å². The standard InChI is InChI=1S/C17H36N4O2S.HI/c1-17(2)15-21(13-14-24(17,22)23)16(18-3)19-11-9-7-6-8-10-12-20(4)5;/h6-15H2,1-5H3,(H,18,19);1H. The zero-order valence-electron chi connectivity index (χ0n) is 16.5. The molecular formula is C17H37IN4O2S. The number of rotatable bonds is 8. The maximum absolute atomic E-state index is 12.1. The first-order valence-corrected chi connectivity index (χ1v) is 10.7. The molecule has 0 aliphatic carbocycles. The van der Waals surface area contributed by atoms with Crippen LogP contribution >= 0.6 is 24.0 Å². The molecule has 1 heterocycles. The number of sulfone groups is 1. The molecule has 1 saturated heterocycles. The van der Waals surface area contributed by atoms with Gasteiger partial charge in [0, 0.05) is 26.7 Å². The van der Waals surface area contributed by atoms with Crippen LogP contribution in [0, 0.1) is 0 Å². The maximum atomic E-state index is 12.1. The minimum Gasteiger partial charge on any atom is -0.356 e. The summed E-state index contributed by atoms with van der Waals surface area (Å²) in [5.41, 5.74) is 0. The first kappa shape index (κ1) is 24.9. The van der Waals surface area contributed by atoms with Gasteiger partial charge in [-0.25, -0.2) is 8.42 Å². The molecule has 0 aromatic rings. The Morgan fingerprint density at radius 2 is 1.76 bits per heavy atom. The van der Waals surface area contributed by atoms with Gasteiger partial charge in [-0.05, 0) is 47.3 Å². The molecule has 0 saturated carbocycles. The third kappa shape index (κ3) is 8.43. The zero-order chi connectivity index (χ0) is 18.2. The fourth-order valence-electron chi connectivity index (χ4n) is 2.94. The highest BCUT2D eigenvalue weighted by Gasteiger charge is 2.40. The van der Waals surface area contributed by atoms with Crippen LogP contribution in [0.15, 0.2) is 4.99 Å². The van der Waals surface area contributed by atoms with Crippen molar-refractivity contribution in [3.05, 3.63) is 0 Å². The molecule has 6 nitrogen and oxygen atoms in total. The molecule has 150 valence electrons. The van der Waals surface area contributed by atoms with E-state index in [1.165, 1.54) is 32.2 Å². The van der Waals surface area contributed by atoms with Gasteiger partial charge in [0.1, 0.15) is 0 Å². The van der Waals surface area contributed by atoms with Crippen LogP contribution in [0.3, 0.4) is 0 Å². The van der Waals surface area contributed by atoms with Crippen LogP contribution in [-0.2, 0) is 9.84 Å². The average molecular weight is 488 g/mol. The summed E-state index contributed by atoms with van der Waals surface area (Å²) in [5.74, 6) is 1.03. The van der Waals surface area contributed by atoms with E-state index < -0.39 is 14.6 Å². The number of unbranched alkanes of at least 4 members (excludes halogenated alkanes) is 4. The minimum absolute atomic E-state index is 0. The summed E-state index contributed by atoms with van der Waals surface area (Å²) < 4.78 is 23.5. The first-order valence-electron chi connectivity index (χ1n) is 9.02. The van der Waals surface area contributed by atoms with Crippen LogP contribution in [0.25, 0.3) is 0 Å². The van der Waals surface area contributed by atoms with Gasteiger partial charge in [0.05, 0.1) is 10.5 Å². The van der Waals surface area contributed by atoms with Crippen molar-refractivity contribution in [2.24, 2.45) is 4.99 Å². The maximum Gasteiger partial charge on any atom is 0.193 e. The molecule has 0 spiro atoms. The molecule has 8 heteroatoms. The summed E-state index contributed by atoms with van der Waals surface area (Å²) in [5, 5.41) is 3.39. The van der Waals surface area contributed by atoms with Gasteiger partial charge in [-0.3, -0.25) is 4.99 Å². The smallest absolute Gasteiger partial charge is 0.193 e. The number of guanidine groups is 1.